The minimum Gasteiger partial charge on any atom is -0.282 e. The van der Waals surface area contributed by atoms with Gasteiger partial charge in [0.25, 0.3) is 0 Å². The largest absolute Gasteiger partial charge is 0.282 e. The summed E-state index contributed by atoms with van der Waals surface area (Å²) in [7, 11) is -3.76. The molecule has 0 aliphatic heterocycles. The topological polar surface area (TPSA) is 115 Å². The summed E-state index contributed by atoms with van der Waals surface area (Å²) >= 11 is 0. The smallest absolute Gasteiger partial charge is 0.238 e. The van der Waals surface area contributed by atoms with Crippen molar-refractivity contribution in [2.75, 3.05) is 0 Å². The molecule has 0 amide bonds. The number of nitrogens with zero attached hydrogens (tertiary/aromatic N) is 3. The zero-order valence-electron chi connectivity index (χ0n) is 13.4. The van der Waals surface area contributed by atoms with Gasteiger partial charge in [0, 0.05) is 29.8 Å². The van der Waals surface area contributed by atoms with Crippen LogP contribution in [0.2, 0.25) is 0 Å². The van der Waals surface area contributed by atoms with E-state index in [1.54, 1.807) is 18.3 Å². The van der Waals surface area contributed by atoms with E-state index < -0.39 is 10.0 Å². The number of hydrogen-bond donors (Lipinski definition) is 2. The molecule has 1 aliphatic rings. The zero-order chi connectivity index (χ0) is 17.4. The van der Waals surface area contributed by atoms with Gasteiger partial charge in [-0.05, 0) is 37.1 Å². The summed E-state index contributed by atoms with van der Waals surface area (Å²) in [6.07, 6.45) is 4.70. The molecule has 1 aromatic carbocycles. The van der Waals surface area contributed by atoms with Crippen LogP contribution in [0, 0.1) is 0 Å². The molecule has 3 aromatic rings. The van der Waals surface area contributed by atoms with Crippen LogP contribution >= 0.6 is 0 Å². The fraction of sp³-hybridized carbons (Fsp3) is 0.235. The quantitative estimate of drug-likeness (QED) is 0.726. The molecular formula is C17H17N5O2S. The fourth-order valence-electron chi connectivity index (χ4n) is 2.70. The zero-order valence-corrected chi connectivity index (χ0v) is 14.2. The van der Waals surface area contributed by atoms with E-state index in [0.717, 1.165) is 17.1 Å². The first kappa shape index (κ1) is 15.9. The molecule has 4 rings (SSSR count). The SMILES string of the molecule is NS(=O)(=O)c1cccc(-c2nccc(Cc3cc(C4CC4)n[nH]3)n2)c1. The van der Waals surface area contributed by atoms with E-state index in [2.05, 4.69) is 26.2 Å². The Hall–Kier alpha value is -2.58. The van der Waals surface area contributed by atoms with E-state index in [0.29, 0.717) is 23.7 Å². The van der Waals surface area contributed by atoms with Crippen molar-refractivity contribution in [3.05, 3.63) is 59.7 Å². The van der Waals surface area contributed by atoms with Gasteiger partial charge in [-0.2, -0.15) is 5.10 Å². The maximum atomic E-state index is 11.5. The molecule has 1 fully saturated rings. The molecule has 1 saturated carbocycles. The molecule has 2 heterocycles. The number of aromatic nitrogens is 4. The van der Waals surface area contributed by atoms with Crippen LogP contribution in [0.3, 0.4) is 0 Å². The minimum absolute atomic E-state index is 0.0432. The molecule has 0 atom stereocenters. The Labute approximate surface area is 145 Å². The van der Waals surface area contributed by atoms with Gasteiger partial charge in [-0.15, -0.1) is 0 Å². The molecule has 2 aromatic heterocycles. The number of sulfonamides is 1. The summed E-state index contributed by atoms with van der Waals surface area (Å²) < 4.78 is 23.0. The molecular weight excluding hydrogens is 338 g/mol. The van der Waals surface area contributed by atoms with Crippen molar-refractivity contribution in [3.8, 4) is 11.4 Å². The molecule has 3 N–H and O–H groups in total. The highest BCUT2D eigenvalue weighted by molar-refractivity contribution is 7.89. The molecule has 1 aliphatic carbocycles. The summed E-state index contributed by atoms with van der Waals surface area (Å²) in [6.45, 7) is 0. The van der Waals surface area contributed by atoms with Crippen LogP contribution < -0.4 is 5.14 Å². The van der Waals surface area contributed by atoms with E-state index in [1.165, 1.54) is 25.0 Å². The Bertz CT molecular complexity index is 1020. The van der Waals surface area contributed by atoms with E-state index in [1.807, 2.05) is 6.07 Å². The van der Waals surface area contributed by atoms with Crippen LogP contribution in [0.5, 0.6) is 0 Å². The van der Waals surface area contributed by atoms with Crippen molar-refractivity contribution in [2.45, 2.75) is 30.1 Å². The summed E-state index contributed by atoms with van der Waals surface area (Å²) in [4.78, 5) is 8.83. The van der Waals surface area contributed by atoms with Crippen molar-refractivity contribution in [1.82, 2.24) is 20.2 Å². The summed E-state index contributed by atoms with van der Waals surface area (Å²) in [5.74, 6) is 1.07. The maximum Gasteiger partial charge on any atom is 0.238 e. The van der Waals surface area contributed by atoms with Crippen molar-refractivity contribution >= 4 is 10.0 Å². The molecule has 0 spiro atoms. The lowest BCUT2D eigenvalue weighted by Gasteiger charge is -2.05. The standard InChI is InChI=1S/C17H17N5O2S/c18-25(23,24)15-3-1-2-12(8-15)17-19-7-6-13(20-17)9-14-10-16(22-21-14)11-4-5-11/h1-3,6-8,10-11H,4-5,9H2,(H,21,22)(H2,18,23,24). The van der Waals surface area contributed by atoms with Crippen molar-refractivity contribution < 1.29 is 8.42 Å². The van der Waals surface area contributed by atoms with Crippen molar-refractivity contribution in [2.24, 2.45) is 5.14 Å². The van der Waals surface area contributed by atoms with Crippen LogP contribution in [0.4, 0.5) is 0 Å². The highest BCUT2D eigenvalue weighted by Crippen LogP contribution is 2.39. The predicted octanol–water partition coefficient (Wildman–Crippen LogP) is 1.98. The van der Waals surface area contributed by atoms with Gasteiger partial charge in [-0.3, -0.25) is 5.10 Å². The molecule has 25 heavy (non-hydrogen) atoms. The third-order valence-corrected chi connectivity index (χ3v) is 5.06. The van der Waals surface area contributed by atoms with Crippen LogP contribution in [-0.2, 0) is 16.4 Å². The lowest BCUT2D eigenvalue weighted by molar-refractivity contribution is 0.598. The maximum absolute atomic E-state index is 11.5. The van der Waals surface area contributed by atoms with Gasteiger partial charge >= 0.3 is 0 Å². The van der Waals surface area contributed by atoms with Gasteiger partial charge in [-0.25, -0.2) is 23.5 Å². The fourth-order valence-corrected chi connectivity index (χ4v) is 3.26. The normalized spacial score (nSPS) is 14.6. The Morgan fingerprint density at radius 2 is 2.04 bits per heavy atom. The number of aromatic amines is 1. The third kappa shape index (κ3) is 3.59. The third-order valence-electron chi connectivity index (χ3n) is 4.15. The van der Waals surface area contributed by atoms with Crippen LogP contribution in [0.25, 0.3) is 11.4 Å². The molecule has 0 bridgehead atoms. The second-order valence-corrected chi connectivity index (χ2v) is 7.77. The van der Waals surface area contributed by atoms with Crippen molar-refractivity contribution in [1.29, 1.82) is 0 Å². The monoisotopic (exact) mass is 355 g/mol. The van der Waals surface area contributed by atoms with Gasteiger partial charge in [0.15, 0.2) is 5.82 Å². The number of nitrogens with one attached hydrogen (secondary N) is 1. The first-order valence-electron chi connectivity index (χ1n) is 7.98. The summed E-state index contributed by atoms with van der Waals surface area (Å²) in [5, 5.41) is 12.6. The molecule has 0 radical (unpaired) electrons. The van der Waals surface area contributed by atoms with Crippen LogP contribution in [0.15, 0.2) is 47.5 Å². The first-order chi connectivity index (χ1) is 12.0. The van der Waals surface area contributed by atoms with Crippen LogP contribution in [0.1, 0.15) is 35.8 Å². The lowest BCUT2D eigenvalue weighted by Crippen LogP contribution is -2.12. The number of rotatable bonds is 5. The van der Waals surface area contributed by atoms with Crippen molar-refractivity contribution in [3.63, 3.8) is 0 Å². The van der Waals surface area contributed by atoms with Gasteiger partial charge in [0.1, 0.15) is 0 Å². The number of H-pyrrole nitrogens is 1. The van der Waals surface area contributed by atoms with E-state index in [9.17, 15) is 8.42 Å². The average molecular weight is 355 g/mol. The highest BCUT2D eigenvalue weighted by atomic mass is 32.2. The number of primary sulfonamides is 1. The Morgan fingerprint density at radius 3 is 2.80 bits per heavy atom. The Balaban J connectivity index is 1.60. The second kappa shape index (κ2) is 6.05. The van der Waals surface area contributed by atoms with E-state index in [4.69, 9.17) is 5.14 Å². The number of hydrogen-bond acceptors (Lipinski definition) is 5. The number of nitrogens with two attached hydrogens (primary N) is 1. The Morgan fingerprint density at radius 1 is 1.20 bits per heavy atom. The molecule has 8 heteroatoms. The van der Waals surface area contributed by atoms with Gasteiger partial charge in [-0.1, -0.05) is 12.1 Å². The second-order valence-electron chi connectivity index (χ2n) is 6.21. The molecule has 0 unspecified atom stereocenters. The summed E-state index contributed by atoms with van der Waals surface area (Å²) in [5.41, 5.74) is 3.56. The number of benzene rings is 1. The van der Waals surface area contributed by atoms with Crippen LogP contribution in [-0.4, -0.2) is 28.6 Å². The predicted molar refractivity (Wildman–Crippen MR) is 92.2 cm³/mol. The first-order valence-corrected chi connectivity index (χ1v) is 9.53. The van der Waals surface area contributed by atoms with Gasteiger partial charge < -0.3 is 0 Å². The summed E-state index contributed by atoms with van der Waals surface area (Å²) in [6, 6.07) is 10.2. The molecule has 128 valence electrons. The lowest BCUT2D eigenvalue weighted by atomic mass is 10.2. The minimum atomic E-state index is -3.76. The van der Waals surface area contributed by atoms with E-state index >= 15 is 0 Å². The highest BCUT2D eigenvalue weighted by Gasteiger charge is 2.26. The average Bonchev–Trinajstić information content (AvgIpc) is 3.35. The Kier molecular flexibility index (Phi) is 3.85. The molecule has 0 saturated heterocycles. The van der Waals surface area contributed by atoms with Gasteiger partial charge in [0.2, 0.25) is 10.0 Å². The van der Waals surface area contributed by atoms with E-state index in [-0.39, 0.29) is 4.90 Å². The molecule has 7 nitrogen and oxygen atoms in total. The van der Waals surface area contributed by atoms with Gasteiger partial charge in [0.05, 0.1) is 16.3 Å².